The third-order valence-corrected chi connectivity index (χ3v) is 2.64. The summed E-state index contributed by atoms with van der Waals surface area (Å²) < 4.78 is 49.4. The number of carbonyl (C=O) groups is 1. The van der Waals surface area contributed by atoms with Gasteiger partial charge in [0.2, 0.25) is 0 Å². The lowest BCUT2D eigenvalue weighted by molar-refractivity contribution is -0.170. The molecular formula is C11H10ClF4NO. The number of alkyl halides is 4. The van der Waals surface area contributed by atoms with Gasteiger partial charge in [-0.1, -0.05) is 29.8 Å². The summed E-state index contributed by atoms with van der Waals surface area (Å²) in [4.78, 5) is 11.0. The Balaban J connectivity index is 2.81. The molecule has 1 aromatic rings. The van der Waals surface area contributed by atoms with E-state index in [4.69, 9.17) is 11.6 Å². The Kier molecular flexibility index (Phi) is 4.56. The summed E-state index contributed by atoms with van der Waals surface area (Å²) >= 11 is 5.79. The molecule has 1 amide bonds. The number of hydrogen-bond donors (Lipinski definition) is 1. The fraction of sp³-hybridized carbons (Fsp3) is 0.364. The van der Waals surface area contributed by atoms with Gasteiger partial charge in [-0.3, -0.25) is 4.79 Å². The highest BCUT2D eigenvalue weighted by molar-refractivity contribution is 6.31. The third-order valence-electron chi connectivity index (χ3n) is 2.30. The monoisotopic (exact) mass is 283 g/mol. The van der Waals surface area contributed by atoms with Gasteiger partial charge in [-0.05, 0) is 18.6 Å². The van der Waals surface area contributed by atoms with E-state index in [0.29, 0.717) is 5.56 Å². The molecule has 0 aliphatic heterocycles. The predicted octanol–water partition coefficient (Wildman–Crippen LogP) is 3.42. The summed E-state index contributed by atoms with van der Waals surface area (Å²) in [7, 11) is 0. The van der Waals surface area contributed by atoms with Crippen LogP contribution in [-0.2, 0) is 4.79 Å². The molecule has 0 aliphatic rings. The molecule has 1 aromatic carbocycles. The number of hydrogen-bond acceptors (Lipinski definition) is 1. The Morgan fingerprint density at radius 1 is 1.33 bits per heavy atom. The summed E-state index contributed by atoms with van der Waals surface area (Å²) in [6, 6.07) is 5.33. The molecule has 0 radical (unpaired) electrons. The minimum absolute atomic E-state index is 0.255. The molecule has 1 unspecified atom stereocenters. The van der Waals surface area contributed by atoms with Crippen molar-refractivity contribution in [3.63, 3.8) is 0 Å². The molecule has 0 aromatic heterocycles. The van der Waals surface area contributed by atoms with Crippen LogP contribution in [0.25, 0.3) is 0 Å². The van der Waals surface area contributed by atoms with Crippen LogP contribution in [0.1, 0.15) is 18.5 Å². The number of benzene rings is 1. The molecule has 7 heteroatoms. The van der Waals surface area contributed by atoms with Crippen molar-refractivity contribution in [2.45, 2.75) is 25.3 Å². The summed E-state index contributed by atoms with van der Waals surface area (Å²) in [6.07, 6.45) is -4.05. The highest BCUT2D eigenvalue weighted by Crippen LogP contribution is 2.26. The van der Waals surface area contributed by atoms with Crippen molar-refractivity contribution in [2.24, 2.45) is 0 Å². The zero-order chi connectivity index (χ0) is 13.9. The topological polar surface area (TPSA) is 29.1 Å². The van der Waals surface area contributed by atoms with E-state index in [2.05, 4.69) is 0 Å². The normalized spacial score (nSPS) is 13.5. The average Bonchev–Trinajstić information content (AvgIpc) is 2.28. The van der Waals surface area contributed by atoms with Gasteiger partial charge in [-0.15, -0.1) is 0 Å². The van der Waals surface area contributed by atoms with E-state index in [1.807, 2.05) is 0 Å². The zero-order valence-electron chi connectivity index (χ0n) is 9.26. The molecule has 0 bridgehead atoms. The molecule has 0 fully saturated rings. The Hall–Kier alpha value is -1.30. The van der Waals surface area contributed by atoms with E-state index in [-0.39, 0.29) is 5.02 Å². The number of halogens is 5. The maximum atomic E-state index is 12.7. The van der Waals surface area contributed by atoms with Crippen LogP contribution in [0.15, 0.2) is 24.3 Å². The fourth-order valence-electron chi connectivity index (χ4n) is 1.30. The highest BCUT2D eigenvalue weighted by Gasteiger charge is 2.49. The van der Waals surface area contributed by atoms with Gasteiger partial charge in [0.15, 0.2) is 0 Å². The van der Waals surface area contributed by atoms with Crippen LogP contribution >= 0.6 is 11.6 Å². The molecule has 100 valence electrons. The van der Waals surface area contributed by atoms with E-state index in [1.165, 1.54) is 19.1 Å². The number of amides is 1. The smallest absolute Gasteiger partial charge is 0.344 e. The van der Waals surface area contributed by atoms with Crippen LogP contribution in [0.4, 0.5) is 17.6 Å². The van der Waals surface area contributed by atoms with Gasteiger partial charge >= 0.3 is 12.3 Å². The standard InChI is InChI=1S/C11H10ClF4NO/c1-6(7-4-2-3-5-8(7)12)17-10(18)11(15,16)9(13)14/h2-6,9H,1H3,(H,17,18). The molecular weight excluding hydrogens is 274 g/mol. The van der Waals surface area contributed by atoms with Crippen molar-refractivity contribution >= 4 is 17.5 Å². The lowest BCUT2D eigenvalue weighted by Gasteiger charge is -2.20. The van der Waals surface area contributed by atoms with Crippen molar-refractivity contribution in [3.05, 3.63) is 34.9 Å². The molecule has 1 atom stereocenters. The fourth-order valence-corrected chi connectivity index (χ4v) is 1.60. The van der Waals surface area contributed by atoms with Crippen LogP contribution in [0, 0.1) is 0 Å². The van der Waals surface area contributed by atoms with E-state index < -0.39 is 24.3 Å². The van der Waals surface area contributed by atoms with E-state index >= 15 is 0 Å². The minimum Gasteiger partial charge on any atom is -0.344 e. The van der Waals surface area contributed by atoms with Crippen LogP contribution in [0.3, 0.4) is 0 Å². The van der Waals surface area contributed by atoms with E-state index in [9.17, 15) is 22.4 Å². The van der Waals surface area contributed by atoms with Crippen molar-refractivity contribution in [1.29, 1.82) is 0 Å². The SMILES string of the molecule is CC(NC(=O)C(F)(F)C(F)F)c1ccccc1Cl. The van der Waals surface area contributed by atoms with Crippen LogP contribution in [0.5, 0.6) is 0 Å². The van der Waals surface area contributed by atoms with Gasteiger partial charge in [-0.2, -0.15) is 8.78 Å². The Morgan fingerprint density at radius 3 is 2.39 bits per heavy atom. The number of carbonyl (C=O) groups excluding carboxylic acids is 1. The molecule has 18 heavy (non-hydrogen) atoms. The second-order valence-corrected chi connectivity index (χ2v) is 4.05. The number of rotatable bonds is 4. The summed E-state index contributed by atoms with van der Waals surface area (Å²) in [5.41, 5.74) is 0.373. The van der Waals surface area contributed by atoms with Crippen LogP contribution in [-0.4, -0.2) is 18.3 Å². The second kappa shape index (κ2) is 5.56. The maximum absolute atomic E-state index is 12.7. The summed E-state index contributed by atoms with van der Waals surface area (Å²) in [5.74, 6) is -6.74. The van der Waals surface area contributed by atoms with Crippen LogP contribution in [0.2, 0.25) is 5.02 Å². The lowest BCUT2D eigenvalue weighted by atomic mass is 10.1. The Labute approximate surface area is 106 Å². The molecule has 1 N–H and O–H groups in total. The molecule has 0 spiro atoms. The van der Waals surface area contributed by atoms with E-state index in [1.54, 1.807) is 17.4 Å². The summed E-state index contributed by atoms with van der Waals surface area (Å²) in [5, 5.41) is 2.06. The highest BCUT2D eigenvalue weighted by atomic mass is 35.5. The average molecular weight is 284 g/mol. The largest absolute Gasteiger partial charge is 0.383 e. The zero-order valence-corrected chi connectivity index (χ0v) is 10.0. The lowest BCUT2D eigenvalue weighted by Crippen LogP contribution is -2.46. The van der Waals surface area contributed by atoms with Gasteiger partial charge in [0.05, 0.1) is 6.04 Å². The van der Waals surface area contributed by atoms with Crippen molar-refractivity contribution in [2.75, 3.05) is 0 Å². The predicted molar refractivity (Wildman–Crippen MR) is 59.0 cm³/mol. The van der Waals surface area contributed by atoms with Gasteiger partial charge < -0.3 is 5.32 Å². The first-order chi connectivity index (χ1) is 8.26. The molecule has 1 rings (SSSR count). The summed E-state index contributed by atoms with van der Waals surface area (Å²) in [6.45, 7) is 1.38. The van der Waals surface area contributed by atoms with Crippen molar-refractivity contribution < 1.29 is 22.4 Å². The van der Waals surface area contributed by atoms with Crippen molar-refractivity contribution in [1.82, 2.24) is 5.32 Å². The molecule has 2 nitrogen and oxygen atoms in total. The van der Waals surface area contributed by atoms with Gasteiger partial charge in [0.1, 0.15) is 0 Å². The van der Waals surface area contributed by atoms with Crippen LogP contribution < -0.4 is 5.32 Å². The third kappa shape index (κ3) is 3.13. The first kappa shape index (κ1) is 14.8. The Bertz CT molecular complexity index is 439. The van der Waals surface area contributed by atoms with Gasteiger partial charge in [-0.25, -0.2) is 8.78 Å². The van der Waals surface area contributed by atoms with E-state index in [0.717, 1.165) is 0 Å². The first-order valence-corrected chi connectivity index (χ1v) is 5.36. The molecule has 0 aliphatic carbocycles. The molecule has 0 heterocycles. The number of nitrogens with one attached hydrogen (secondary N) is 1. The maximum Gasteiger partial charge on any atom is 0.383 e. The molecule has 0 saturated carbocycles. The van der Waals surface area contributed by atoms with Gasteiger partial charge in [0.25, 0.3) is 5.91 Å². The van der Waals surface area contributed by atoms with Crippen molar-refractivity contribution in [3.8, 4) is 0 Å². The molecule has 0 saturated heterocycles. The Morgan fingerprint density at radius 2 is 1.89 bits per heavy atom. The van der Waals surface area contributed by atoms with Gasteiger partial charge in [0, 0.05) is 5.02 Å². The minimum atomic E-state index is -4.71. The first-order valence-electron chi connectivity index (χ1n) is 4.98. The second-order valence-electron chi connectivity index (χ2n) is 3.64. The quantitative estimate of drug-likeness (QED) is 0.843.